The van der Waals surface area contributed by atoms with Crippen molar-refractivity contribution < 1.29 is 78.0 Å². The fraction of sp³-hybridized carbons (Fsp3) is 0.343. The van der Waals surface area contributed by atoms with E-state index >= 15 is 0 Å². The number of imidazole rings is 1. The highest BCUT2D eigenvalue weighted by molar-refractivity contribution is 6.42. The second-order valence-corrected chi connectivity index (χ2v) is 40.1. The molecular weight excluding hydrogens is 2060 g/mol. The zero-order valence-electron chi connectivity index (χ0n) is 80.3. The third-order valence-electron chi connectivity index (χ3n) is 26.2. The number of pyridine rings is 1. The molecule has 16 N–H and O–H groups in total. The highest BCUT2D eigenvalue weighted by Gasteiger charge is 2.36. The maximum absolute atomic E-state index is 13.0. The molecule has 1 aliphatic heterocycles. The average molecular weight is 2170 g/mol. The Bertz CT molecular complexity index is 6390. The number of nitrogens with zero attached hydrogens (tertiary/aromatic N) is 5. The number of hydrogen-bond donors (Lipinski definition) is 15. The minimum absolute atomic E-state index is 0.00382. The van der Waals surface area contributed by atoms with Gasteiger partial charge < -0.3 is 73.7 Å². The number of rotatable bonds is 38. The molecule has 5 aliphatic rings. The van der Waals surface area contributed by atoms with Gasteiger partial charge in [-0.1, -0.05) is 239 Å². The molecule has 4 saturated carbocycles. The molecule has 3 heterocycles. The first kappa shape index (κ1) is 113. The van der Waals surface area contributed by atoms with E-state index in [4.69, 9.17) is 104 Å². The van der Waals surface area contributed by atoms with Crippen molar-refractivity contribution in [1.29, 1.82) is 5.26 Å². The second-order valence-electron chi connectivity index (χ2n) is 36.8. The van der Waals surface area contributed by atoms with Crippen molar-refractivity contribution in [3.8, 4) is 6.19 Å². The summed E-state index contributed by atoms with van der Waals surface area (Å²) >= 11 is 48.6. The normalized spacial score (nSPS) is 18.5. The van der Waals surface area contributed by atoms with Gasteiger partial charge in [-0.05, 0) is 182 Å². The number of hydrogen-bond acceptors (Lipinski definition) is 21. The van der Waals surface area contributed by atoms with Crippen molar-refractivity contribution in [1.82, 2.24) is 52.2 Å². The third kappa shape index (κ3) is 34.3. The zero-order chi connectivity index (χ0) is 106. The molecule has 15 rings (SSSR count). The maximum Gasteiger partial charge on any atom is 0.326 e. The van der Waals surface area contributed by atoms with E-state index in [1.807, 2.05) is 54.6 Å². The third-order valence-corrected chi connectivity index (χ3v) is 28.7. The van der Waals surface area contributed by atoms with Gasteiger partial charge in [-0.3, -0.25) is 48.7 Å². The number of guanidine groups is 2. The summed E-state index contributed by atoms with van der Waals surface area (Å²) in [4.78, 5) is 170. The fourth-order valence-corrected chi connectivity index (χ4v) is 20.7. The van der Waals surface area contributed by atoms with E-state index in [0.717, 1.165) is 160 Å². The number of ketones is 4. The van der Waals surface area contributed by atoms with Crippen molar-refractivity contribution in [2.45, 2.75) is 196 Å². The summed E-state index contributed by atoms with van der Waals surface area (Å²) in [6.45, 7) is 1.63. The molecule has 32 nitrogen and oxygen atoms in total. The number of carboxylic acid groups (broad SMARTS) is 4. The van der Waals surface area contributed by atoms with Crippen LogP contribution in [0.25, 0.3) is 0 Å². The van der Waals surface area contributed by atoms with Crippen LogP contribution in [0.15, 0.2) is 217 Å². The number of aromatic amines is 1. The van der Waals surface area contributed by atoms with Gasteiger partial charge in [-0.15, -0.1) is 0 Å². The predicted octanol–water partition coefficient (Wildman–Crippen LogP) is 17.2. The van der Waals surface area contributed by atoms with Crippen molar-refractivity contribution in [3.63, 3.8) is 0 Å². The minimum atomic E-state index is -1.20. The Labute approximate surface area is 895 Å². The standard InChI is InChI=1S/C28H27Cl2N3O4.C27H30Cl2N4O4.C27H28Cl2N4O4.C26H27Cl2N5O4/c29-21-4-3-5-22(30)26(21)27(35)33-23(28(36)37)14-17-7-9-18(10-8-17)15-24(34)19-11-12-20(16-19)32-25-6-1-2-13-31-25;2*28-20-5-2-6-21(29)24(20)25(35)33-22(26(36)37)13-16-7-9-17(10-8-16)14-23(34)18-3-1-4-19(15-18)32-27-30-11-12-31-27;27-19-5-2-6-20(28)23(19)24(35)33-21(25(36)37)11-15-7-9-16(10-8-15)12-22(34)17-3-1-4-18(13-17)32-26(30)31-14-29/h1-10,13,19-20,23H,11-12,14-16H2,(H,31,32)(H,33,35)(H,36,37);2,5-10,18-19,22H,1,3-4,11-15H2,(H,33,35)(H,36,37)(H2,30,31,32);2,5-12,18-19,22H,1,3-4,13-15H2,(H,33,35)(H,36,37)(H2,30,31,32);2,5-10,17-18,21H,1,3-4,11-13H2,(H,33,35)(H,36,37)(H3,30,31,32)/t19-,20-,23-;2*18-,19-,22-;17-,18-,21-/m0000/s1. The molecular formula is C108H112Cl8N16O16. The van der Waals surface area contributed by atoms with Crippen LogP contribution in [0.2, 0.25) is 40.2 Å². The first-order chi connectivity index (χ1) is 71.1. The Hall–Kier alpha value is -13.5. The van der Waals surface area contributed by atoms with Gasteiger partial charge in [-0.25, -0.2) is 34.1 Å². The SMILES string of the molecule is N#CNC(N)=N[C@H]1CCC[C@H](C(=O)Cc2ccc(C[C@H](NC(=O)c3c(Cl)cccc3Cl)C(=O)O)cc2)C1.O=C(N[C@@H](Cc1ccc(CC(=O)[C@H]2CCC[C@H](NC3=NCCN3)C2)cc1)C(=O)O)c1c(Cl)cccc1Cl.O=C(N[C@@H](Cc1ccc(CC(=O)[C@H]2CCC[C@H](Nc3ncc[nH]3)C2)cc1)C(=O)O)c1c(Cl)cccc1Cl.O=C(N[C@@H](Cc1ccc(CC(=O)[C@H]2CC[C@H](Nc3ccccn3)C2)cc1)C(=O)O)c1c(Cl)cccc1Cl. The van der Waals surface area contributed by atoms with Gasteiger partial charge in [0.2, 0.25) is 5.96 Å². The van der Waals surface area contributed by atoms with Crippen molar-refractivity contribution >= 4 is 187 Å². The van der Waals surface area contributed by atoms with E-state index in [-0.39, 0.29) is 171 Å². The Balaban J connectivity index is 0.000000175. The molecule has 10 aromatic rings. The van der Waals surface area contributed by atoms with Crippen molar-refractivity contribution in [3.05, 3.63) is 314 Å². The number of H-pyrrole nitrogens is 1. The summed E-state index contributed by atoms with van der Waals surface area (Å²) < 4.78 is 0. The van der Waals surface area contributed by atoms with Crippen molar-refractivity contribution in [2.24, 2.45) is 39.4 Å². The minimum Gasteiger partial charge on any atom is -0.480 e. The number of aromatic nitrogens is 3. The lowest BCUT2D eigenvalue weighted by Gasteiger charge is -2.29. The molecule has 148 heavy (non-hydrogen) atoms. The molecule has 776 valence electrons. The number of nitrogens with one attached hydrogen (secondary N) is 10. The lowest BCUT2D eigenvalue weighted by Crippen LogP contribution is -2.44. The predicted molar refractivity (Wildman–Crippen MR) is 569 cm³/mol. The Kier molecular flexibility index (Phi) is 42.9. The number of halogens is 8. The molecule has 40 heteroatoms. The number of carbonyl (C=O) groups is 12. The zero-order valence-corrected chi connectivity index (χ0v) is 86.3. The first-order valence-electron chi connectivity index (χ1n) is 48.4. The molecule has 0 spiro atoms. The van der Waals surface area contributed by atoms with Crippen LogP contribution in [-0.4, -0.2) is 179 Å². The summed E-state index contributed by atoms with van der Waals surface area (Å²) in [5.41, 5.74) is 12.1. The molecule has 4 fully saturated rings. The van der Waals surface area contributed by atoms with Gasteiger partial charge in [-0.2, -0.15) is 5.26 Å². The number of carbonyl (C=O) groups excluding carboxylic acids is 8. The summed E-state index contributed by atoms with van der Waals surface area (Å²) in [6.07, 6.45) is 21.3. The van der Waals surface area contributed by atoms with Crippen LogP contribution in [0.5, 0.6) is 0 Å². The molecule has 4 amide bonds. The molecule has 0 radical (unpaired) electrons. The molecule has 0 unspecified atom stereocenters. The van der Waals surface area contributed by atoms with Crippen LogP contribution in [0.1, 0.15) is 182 Å². The molecule has 2 aromatic heterocycles. The van der Waals surface area contributed by atoms with Gasteiger partial charge in [0.1, 0.15) is 53.1 Å². The molecule has 0 bridgehead atoms. The fourth-order valence-electron chi connectivity index (χ4n) is 18.5. The van der Waals surface area contributed by atoms with Crippen LogP contribution < -0.4 is 53.6 Å². The lowest BCUT2D eigenvalue weighted by molar-refractivity contribution is -0.140. The second kappa shape index (κ2) is 56.1. The summed E-state index contributed by atoms with van der Waals surface area (Å²) in [5.74, 6) is -4.34. The summed E-state index contributed by atoms with van der Waals surface area (Å²) in [6, 6.07) is 48.9. The molecule has 0 saturated heterocycles. The lowest BCUT2D eigenvalue weighted by atomic mass is 9.81. The maximum atomic E-state index is 13.0. The van der Waals surface area contributed by atoms with Crippen LogP contribution >= 0.6 is 92.8 Å². The van der Waals surface area contributed by atoms with Crippen LogP contribution in [0.3, 0.4) is 0 Å². The smallest absolute Gasteiger partial charge is 0.326 e. The topological polar surface area (TPSA) is 510 Å². The molecule has 12 atom stereocenters. The number of benzene rings is 8. The van der Waals surface area contributed by atoms with Gasteiger partial charge in [0, 0.05) is 118 Å². The van der Waals surface area contributed by atoms with E-state index in [1.165, 1.54) is 48.5 Å². The Morgan fingerprint density at radius 3 is 1.01 bits per heavy atom. The van der Waals surface area contributed by atoms with Crippen molar-refractivity contribution in [2.75, 3.05) is 23.7 Å². The van der Waals surface area contributed by atoms with Gasteiger partial charge in [0.15, 0.2) is 18.1 Å². The van der Waals surface area contributed by atoms with E-state index in [9.17, 15) is 78.0 Å². The van der Waals surface area contributed by atoms with E-state index in [1.54, 1.807) is 110 Å². The number of Topliss-reactive ketones (excluding diaryl/α,β-unsaturated/α-hetero) is 4. The number of aliphatic carboxylic acids is 4. The van der Waals surface area contributed by atoms with Gasteiger partial charge >= 0.3 is 23.9 Å². The number of amides is 4. The Morgan fingerprint density at radius 2 is 0.703 bits per heavy atom. The number of carboxylic acids is 4. The van der Waals surface area contributed by atoms with Crippen LogP contribution in [0, 0.1) is 35.1 Å². The summed E-state index contributed by atoms with van der Waals surface area (Å²) in [5, 5.41) is 74.0. The molecule has 8 aromatic carbocycles. The summed E-state index contributed by atoms with van der Waals surface area (Å²) in [7, 11) is 0. The first-order valence-corrected chi connectivity index (χ1v) is 51.4. The number of anilines is 2. The van der Waals surface area contributed by atoms with Crippen LogP contribution in [0.4, 0.5) is 11.8 Å². The average Bonchev–Trinajstić information content (AvgIpc) is 1.28. The monoisotopic (exact) mass is 2170 g/mol. The quantitative estimate of drug-likeness (QED) is 0.00739. The number of nitrogens with two attached hydrogens (primary N) is 1. The van der Waals surface area contributed by atoms with Crippen LogP contribution in [-0.2, 0) is 89.7 Å². The number of nitriles is 1. The highest BCUT2D eigenvalue weighted by atomic mass is 35.5. The Morgan fingerprint density at radius 1 is 0.378 bits per heavy atom. The van der Waals surface area contributed by atoms with Gasteiger partial charge in [0.25, 0.3) is 23.6 Å². The van der Waals surface area contributed by atoms with E-state index < -0.39 is 71.7 Å². The van der Waals surface area contributed by atoms with E-state index in [2.05, 4.69) is 72.8 Å². The highest BCUT2D eigenvalue weighted by Crippen LogP contribution is 2.36. The van der Waals surface area contributed by atoms with E-state index in [0.29, 0.717) is 31.2 Å². The van der Waals surface area contributed by atoms with Gasteiger partial charge in [0.05, 0.1) is 75.0 Å². The largest absolute Gasteiger partial charge is 0.480 e. The number of aliphatic imine (C=N–C) groups is 2. The molecule has 4 aliphatic carbocycles.